The minimum absolute atomic E-state index is 0.0162. The van der Waals surface area contributed by atoms with E-state index in [1.54, 1.807) is 0 Å². The van der Waals surface area contributed by atoms with Gasteiger partial charge in [-0.3, -0.25) is 4.79 Å². The molecule has 1 amide bonds. The third-order valence-electron chi connectivity index (χ3n) is 2.25. The molecule has 1 N–H and O–H groups in total. The molecule has 21 heavy (non-hydrogen) atoms. The SMILES string of the molecule is CSCc1nnc(SCC(=O)Nc2ccc(F)cc2F)o1. The molecule has 0 aliphatic rings. The summed E-state index contributed by atoms with van der Waals surface area (Å²) < 4.78 is 31.4. The molecular weight excluding hydrogens is 320 g/mol. The second-order valence-electron chi connectivity index (χ2n) is 3.86. The van der Waals surface area contributed by atoms with Crippen LogP contribution in [0.25, 0.3) is 0 Å². The number of carbonyl (C=O) groups excluding carboxylic acids is 1. The van der Waals surface area contributed by atoms with E-state index in [-0.39, 0.29) is 16.7 Å². The molecule has 0 spiro atoms. The Morgan fingerprint density at radius 2 is 2.19 bits per heavy atom. The predicted molar refractivity (Wildman–Crippen MR) is 77.2 cm³/mol. The van der Waals surface area contributed by atoms with E-state index >= 15 is 0 Å². The average Bonchev–Trinajstić information content (AvgIpc) is 2.88. The lowest BCUT2D eigenvalue weighted by atomic mass is 10.3. The number of hydrogen-bond acceptors (Lipinski definition) is 6. The fourth-order valence-corrected chi connectivity index (χ4v) is 2.33. The molecule has 0 saturated heterocycles. The van der Waals surface area contributed by atoms with Crippen molar-refractivity contribution >= 4 is 35.1 Å². The summed E-state index contributed by atoms with van der Waals surface area (Å²) in [4.78, 5) is 11.7. The molecule has 1 heterocycles. The van der Waals surface area contributed by atoms with Crippen LogP contribution in [-0.2, 0) is 10.5 Å². The summed E-state index contributed by atoms with van der Waals surface area (Å²) >= 11 is 2.59. The van der Waals surface area contributed by atoms with Crippen molar-refractivity contribution in [2.75, 3.05) is 17.3 Å². The Hall–Kier alpha value is -1.61. The number of rotatable bonds is 6. The van der Waals surface area contributed by atoms with Gasteiger partial charge in [0.15, 0.2) is 0 Å². The number of thioether (sulfide) groups is 2. The van der Waals surface area contributed by atoms with Crippen molar-refractivity contribution in [2.24, 2.45) is 0 Å². The normalized spacial score (nSPS) is 10.6. The monoisotopic (exact) mass is 331 g/mol. The Kier molecular flexibility index (Phi) is 5.57. The van der Waals surface area contributed by atoms with Gasteiger partial charge in [-0.05, 0) is 18.4 Å². The van der Waals surface area contributed by atoms with Crippen molar-refractivity contribution in [1.82, 2.24) is 10.2 Å². The van der Waals surface area contributed by atoms with E-state index in [2.05, 4.69) is 15.5 Å². The minimum atomic E-state index is -0.826. The lowest BCUT2D eigenvalue weighted by molar-refractivity contribution is -0.113. The van der Waals surface area contributed by atoms with Gasteiger partial charge in [-0.15, -0.1) is 10.2 Å². The van der Waals surface area contributed by atoms with Crippen LogP contribution in [0.1, 0.15) is 5.89 Å². The molecule has 1 aromatic carbocycles. The quantitative estimate of drug-likeness (QED) is 0.821. The van der Waals surface area contributed by atoms with Crippen LogP contribution in [0.4, 0.5) is 14.5 Å². The van der Waals surface area contributed by atoms with Crippen LogP contribution >= 0.6 is 23.5 Å². The molecular formula is C12H11F2N3O2S2. The van der Waals surface area contributed by atoms with Crippen molar-refractivity contribution in [3.8, 4) is 0 Å². The summed E-state index contributed by atoms with van der Waals surface area (Å²) in [6.45, 7) is 0. The van der Waals surface area contributed by atoms with Crippen LogP contribution in [0.15, 0.2) is 27.8 Å². The molecule has 0 fully saturated rings. The Labute approximate surface area is 127 Å². The van der Waals surface area contributed by atoms with Gasteiger partial charge >= 0.3 is 0 Å². The zero-order valence-corrected chi connectivity index (χ0v) is 12.6. The Balaban J connectivity index is 1.86. The highest BCUT2D eigenvalue weighted by Crippen LogP contribution is 2.19. The van der Waals surface area contributed by atoms with Gasteiger partial charge in [-0.25, -0.2) is 8.78 Å². The first-order valence-electron chi connectivity index (χ1n) is 5.77. The largest absolute Gasteiger partial charge is 0.415 e. The molecule has 0 unspecified atom stereocenters. The molecule has 2 rings (SSSR count). The van der Waals surface area contributed by atoms with E-state index in [4.69, 9.17) is 4.42 Å². The molecule has 9 heteroatoms. The zero-order valence-electron chi connectivity index (χ0n) is 10.9. The molecule has 1 aromatic heterocycles. The van der Waals surface area contributed by atoms with Crippen LogP contribution in [0.5, 0.6) is 0 Å². The minimum Gasteiger partial charge on any atom is -0.415 e. The number of aromatic nitrogens is 2. The van der Waals surface area contributed by atoms with Gasteiger partial charge in [-0.2, -0.15) is 11.8 Å². The number of hydrogen-bond donors (Lipinski definition) is 1. The molecule has 0 radical (unpaired) electrons. The molecule has 112 valence electrons. The lowest BCUT2D eigenvalue weighted by Gasteiger charge is -2.05. The maximum atomic E-state index is 13.4. The summed E-state index contributed by atoms with van der Waals surface area (Å²) in [7, 11) is 0. The Bertz CT molecular complexity index is 637. The smallest absolute Gasteiger partial charge is 0.277 e. The second-order valence-corrected chi connectivity index (χ2v) is 5.65. The topological polar surface area (TPSA) is 68.0 Å². The highest BCUT2D eigenvalue weighted by Gasteiger charge is 2.11. The van der Waals surface area contributed by atoms with Crippen molar-refractivity contribution in [2.45, 2.75) is 11.0 Å². The van der Waals surface area contributed by atoms with Crippen LogP contribution in [-0.4, -0.2) is 28.1 Å². The lowest BCUT2D eigenvalue weighted by Crippen LogP contribution is -2.15. The van der Waals surface area contributed by atoms with Gasteiger partial charge in [-0.1, -0.05) is 11.8 Å². The van der Waals surface area contributed by atoms with Crippen LogP contribution in [0.3, 0.4) is 0 Å². The molecule has 0 saturated carbocycles. The number of nitrogens with one attached hydrogen (secondary N) is 1. The number of carbonyl (C=O) groups is 1. The fraction of sp³-hybridized carbons (Fsp3) is 0.250. The first kappa shape index (κ1) is 15.8. The fourth-order valence-electron chi connectivity index (χ4n) is 1.38. The Morgan fingerprint density at radius 3 is 2.90 bits per heavy atom. The van der Waals surface area contributed by atoms with E-state index in [9.17, 15) is 13.6 Å². The van der Waals surface area contributed by atoms with Crippen molar-refractivity contribution in [3.63, 3.8) is 0 Å². The van der Waals surface area contributed by atoms with Gasteiger partial charge in [0.25, 0.3) is 5.22 Å². The molecule has 0 aliphatic carbocycles. The van der Waals surface area contributed by atoms with Crippen molar-refractivity contribution in [3.05, 3.63) is 35.7 Å². The van der Waals surface area contributed by atoms with Gasteiger partial charge in [0.05, 0.1) is 17.2 Å². The van der Waals surface area contributed by atoms with Crippen LogP contribution in [0, 0.1) is 11.6 Å². The maximum Gasteiger partial charge on any atom is 0.277 e. The van der Waals surface area contributed by atoms with E-state index in [0.717, 1.165) is 23.9 Å². The average molecular weight is 331 g/mol. The third kappa shape index (κ3) is 4.71. The Morgan fingerprint density at radius 1 is 1.38 bits per heavy atom. The highest BCUT2D eigenvalue weighted by molar-refractivity contribution is 7.99. The first-order chi connectivity index (χ1) is 10.1. The van der Waals surface area contributed by atoms with E-state index in [0.29, 0.717) is 17.7 Å². The van der Waals surface area contributed by atoms with Crippen molar-refractivity contribution < 1.29 is 18.0 Å². The third-order valence-corrected chi connectivity index (χ3v) is 3.60. The maximum absolute atomic E-state index is 13.4. The van der Waals surface area contributed by atoms with Crippen LogP contribution < -0.4 is 5.32 Å². The summed E-state index contributed by atoms with van der Waals surface area (Å²) in [5, 5.41) is 10.2. The second kappa shape index (κ2) is 7.41. The number of halogens is 2. The van der Waals surface area contributed by atoms with Gasteiger partial charge in [0.1, 0.15) is 11.6 Å². The summed E-state index contributed by atoms with van der Waals surface area (Å²) in [5.74, 6) is -0.913. The zero-order chi connectivity index (χ0) is 15.2. The molecule has 5 nitrogen and oxygen atoms in total. The van der Waals surface area contributed by atoms with E-state index in [1.165, 1.54) is 11.8 Å². The molecule has 0 atom stereocenters. The molecule has 0 aliphatic heterocycles. The summed E-state index contributed by atoms with van der Waals surface area (Å²) in [6, 6.07) is 2.94. The standard InChI is InChI=1S/C12H11F2N3O2S2/c1-20-6-11-16-17-12(19-11)21-5-10(18)15-9-3-2-7(13)4-8(9)14/h2-4H,5-6H2,1H3,(H,15,18). The van der Waals surface area contributed by atoms with Crippen LogP contribution in [0.2, 0.25) is 0 Å². The molecule has 0 bridgehead atoms. The van der Waals surface area contributed by atoms with Gasteiger partial charge in [0.2, 0.25) is 11.8 Å². The van der Waals surface area contributed by atoms with E-state index in [1.807, 2.05) is 6.26 Å². The van der Waals surface area contributed by atoms with Gasteiger partial charge in [0, 0.05) is 6.07 Å². The number of nitrogens with zero attached hydrogens (tertiary/aromatic N) is 2. The number of amides is 1. The van der Waals surface area contributed by atoms with Gasteiger partial charge < -0.3 is 9.73 Å². The predicted octanol–water partition coefficient (Wildman–Crippen LogP) is 2.94. The summed E-state index contributed by atoms with van der Waals surface area (Å²) in [6.07, 6.45) is 1.90. The number of benzene rings is 1. The van der Waals surface area contributed by atoms with Crippen molar-refractivity contribution in [1.29, 1.82) is 0 Å². The van der Waals surface area contributed by atoms with E-state index < -0.39 is 17.5 Å². The summed E-state index contributed by atoms with van der Waals surface area (Å²) in [5.41, 5.74) is -0.0735. The number of anilines is 1. The molecule has 2 aromatic rings. The highest BCUT2D eigenvalue weighted by atomic mass is 32.2. The first-order valence-corrected chi connectivity index (χ1v) is 8.15.